The van der Waals surface area contributed by atoms with Gasteiger partial charge in [-0.05, 0) is 52.7 Å². The number of rotatable bonds is 4. The van der Waals surface area contributed by atoms with E-state index in [1.54, 1.807) is 19.1 Å². The number of hydrogen-bond acceptors (Lipinski definition) is 4. The Bertz CT molecular complexity index is 933. The average molecular weight is 453 g/mol. The fourth-order valence-corrected chi connectivity index (χ4v) is 3.50. The zero-order valence-corrected chi connectivity index (χ0v) is 16.6. The van der Waals surface area contributed by atoms with Crippen LogP contribution in [0.4, 0.5) is 17.1 Å². The van der Waals surface area contributed by atoms with Crippen LogP contribution in [-0.2, 0) is 9.59 Å². The molecule has 1 heterocycles. The number of halogens is 2. The SMILES string of the molecule is Cc1c(NC(=O)[C@H]2CC(=O)N(c3ccc([N+](=O)[O-])cc3)C2)ccc(Br)c1Cl. The van der Waals surface area contributed by atoms with E-state index in [4.69, 9.17) is 11.6 Å². The average Bonchev–Trinajstić information content (AvgIpc) is 3.04. The Morgan fingerprint density at radius 1 is 1.30 bits per heavy atom. The van der Waals surface area contributed by atoms with Gasteiger partial charge in [-0.1, -0.05) is 11.6 Å². The highest BCUT2D eigenvalue weighted by atomic mass is 79.9. The van der Waals surface area contributed by atoms with Crippen LogP contribution in [0, 0.1) is 23.0 Å². The van der Waals surface area contributed by atoms with Gasteiger partial charge in [0.15, 0.2) is 0 Å². The summed E-state index contributed by atoms with van der Waals surface area (Å²) in [6.45, 7) is 2.01. The van der Waals surface area contributed by atoms with Crippen molar-refractivity contribution in [3.05, 3.63) is 61.6 Å². The van der Waals surface area contributed by atoms with Crippen molar-refractivity contribution in [3.63, 3.8) is 0 Å². The molecule has 0 unspecified atom stereocenters. The van der Waals surface area contributed by atoms with Crippen LogP contribution in [0.25, 0.3) is 0 Å². The molecular formula is C18H15BrClN3O4. The quantitative estimate of drug-likeness (QED) is 0.552. The van der Waals surface area contributed by atoms with Crippen molar-refractivity contribution in [3.8, 4) is 0 Å². The highest BCUT2D eigenvalue weighted by molar-refractivity contribution is 9.10. The minimum absolute atomic E-state index is 0.0534. The van der Waals surface area contributed by atoms with Crippen molar-refractivity contribution >= 4 is 56.4 Å². The predicted molar refractivity (Wildman–Crippen MR) is 106 cm³/mol. The van der Waals surface area contributed by atoms with Crippen LogP contribution in [0.3, 0.4) is 0 Å². The van der Waals surface area contributed by atoms with E-state index in [1.165, 1.54) is 29.2 Å². The number of nitrogens with one attached hydrogen (secondary N) is 1. The predicted octanol–water partition coefficient (Wildman–Crippen LogP) is 4.31. The molecule has 0 aliphatic carbocycles. The number of anilines is 2. The molecule has 1 saturated heterocycles. The van der Waals surface area contributed by atoms with Gasteiger partial charge in [0.05, 0.1) is 15.9 Å². The van der Waals surface area contributed by atoms with Gasteiger partial charge in [-0.3, -0.25) is 19.7 Å². The second-order valence-corrected chi connectivity index (χ2v) is 7.43. The minimum atomic E-state index is -0.519. The maximum atomic E-state index is 12.6. The molecule has 1 aliphatic rings. The molecule has 3 rings (SSSR count). The van der Waals surface area contributed by atoms with Crippen LogP contribution in [0.1, 0.15) is 12.0 Å². The second kappa shape index (κ2) is 7.66. The van der Waals surface area contributed by atoms with E-state index in [1.807, 2.05) is 0 Å². The van der Waals surface area contributed by atoms with Crippen molar-refractivity contribution in [1.29, 1.82) is 0 Å². The number of amides is 2. The van der Waals surface area contributed by atoms with Gasteiger partial charge in [-0.2, -0.15) is 0 Å². The molecular weight excluding hydrogens is 438 g/mol. The number of carbonyl (C=O) groups excluding carboxylic acids is 2. The van der Waals surface area contributed by atoms with Gasteiger partial charge >= 0.3 is 0 Å². The van der Waals surface area contributed by atoms with Crippen LogP contribution >= 0.6 is 27.5 Å². The van der Waals surface area contributed by atoms with E-state index >= 15 is 0 Å². The third-order valence-corrected chi connectivity index (χ3v) is 5.84. The maximum Gasteiger partial charge on any atom is 0.269 e. The van der Waals surface area contributed by atoms with Gasteiger partial charge in [-0.15, -0.1) is 0 Å². The number of nitrogens with zero attached hydrogens (tertiary/aromatic N) is 2. The molecule has 140 valence electrons. The molecule has 0 radical (unpaired) electrons. The number of nitro groups is 1. The fourth-order valence-electron chi connectivity index (χ4n) is 2.91. The lowest BCUT2D eigenvalue weighted by Crippen LogP contribution is -2.28. The van der Waals surface area contributed by atoms with Crippen LogP contribution in [0.15, 0.2) is 40.9 Å². The van der Waals surface area contributed by atoms with Gasteiger partial charge in [0.1, 0.15) is 0 Å². The summed E-state index contributed by atoms with van der Waals surface area (Å²) in [7, 11) is 0. The normalized spacial score (nSPS) is 16.5. The highest BCUT2D eigenvalue weighted by Crippen LogP contribution is 2.32. The summed E-state index contributed by atoms with van der Waals surface area (Å²) in [6.07, 6.45) is 0.0755. The molecule has 0 bridgehead atoms. The molecule has 1 N–H and O–H groups in total. The summed E-state index contributed by atoms with van der Waals surface area (Å²) in [5, 5.41) is 14.1. The lowest BCUT2D eigenvalue weighted by molar-refractivity contribution is -0.384. The molecule has 2 amide bonds. The third-order valence-electron chi connectivity index (χ3n) is 4.47. The maximum absolute atomic E-state index is 12.6. The van der Waals surface area contributed by atoms with Crippen molar-refractivity contribution in [2.75, 3.05) is 16.8 Å². The number of nitro benzene ring substituents is 1. The first kappa shape index (κ1) is 19.3. The summed E-state index contributed by atoms with van der Waals surface area (Å²) in [4.78, 5) is 36.6. The summed E-state index contributed by atoms with van der Waals surface area (Å²) < 4.78 is 0.736. The van der Waals surface area contributed by atoms with Crippen LogP contribution in [-0.4, -0.2) is 23.3 Å². The van der Waals surface area contributed by atoms with Gasteiger partial charge in [-0.25, -0.2) is 0 Å². The van der Waals surface area contributed by atoms with Gasteiger partial charge in [0.2, 0.25) is 11.8 Å². The monoisotopic (exact) mass is 451 g/mol. The Balaban J connectivity index is 1.72. The molecule has 0 aromatic heterocycles. The molecule has 0 saturated carbocycles. The standard InChI is InChI=1S/C18H15BrClN3O4/c1-10-15(7-6-14(19)17(10)20)21-18(25)11-8-16(24)22(9-11)12-2-4-13(5-3-12)23(26)27/h2-7,11H,8-9H2,1H3,(H,21,25)/t11-/m0/s1. The summed E-state index contributed by atoms with van der Waals surface area (Å²) >= 11 is 9.51. The van der Waals surface area contributed by atoms with Crippen molar-refractivity contribution in [2.45, 2.75) is 13.3 Å². The highest BCUT2D eigenvalue weighted by Gasteiger charge is 2.35. The lowest BCUT2D eigenvalue weighted by Gasteiger charge is -2.17. The summed E-state index contributed by atoms with van der Waals surface area (Å²) in [5.74, 6) is -0.988. The first-order valence-electron chi connectivity index (χ1n) is 8.08. The molecule has 1 atom stereocenters. The number of benzene rings is 2. The van der Waals surface area contributed by atoms with Crippen LogP contribution < -0.4 is 10.2 Å². The van der Waals surface area contributed by atoms with Crippen molar-refractivity contribution in [2.24, 2.45) is 5.92 Å². The third kappa shape index (κ3) is 3.96. The van der Waals surface area contributed by atoms with Crippen molar-refractivity contribution < 1.29 is 14.5 Å². The fraction of sp³-hybridized carbons (Fsp3) is 0.222. The molecule has 7 nitrogen and oxygen atoms in total. The molecule has 0 spiro atoms. The first-order valence-corrected chi connectivity index (χ1v) is 9.25. The Labute approximate surface area is 168 Å². The van der Waals surface area contributed by atoms with Crippen LogP contribution in [0.2, 0.25) is 5.02 Å². The van der Waals surface area contributed by atoms with E-state index in [0.717, 1.165) is 10.0 Å². The zero-order chi connectivity index (χ0) is 19.7. The largest absolute Gasteiger partial charge is 0.325 e. The Kier molecular flexibility index (Phi) is 5.48. The molecule has 1 aliphatic heterocycles. The Hall–Kier alpha value is -2.45. The number of hydrogen-bond donors (Lipinski definition) is 1. The van der Waals surface area contributed by atoms with Crippen LogP contribution in [0.5, 0.6) is 0 Å². The topological polar surface area (TPSA) is 92.6 Å². The van der Waals surface area contributed by atoms with Gasteiger partial charge in [0.25, 0.3) is 5.69 Å². The van der Waals surface area contributed by atoms with Gasteiger partial charge < -0.3 is 10.2 Å². The van der Waals surface area contributed by atoms with E-state index in [9.17, 15) is 19.7 Å². The minimum Gasteiger partial charge on any atom is -0.325 e. The smallest absolute Gasteiger partial charge is 0.269 e. The van der Waals surface area contributed by atoms with E-state index in [-0.39, 0.29) is 30.5 Å². The van der Waals surface area contributed by atoms with Crippen molar-refractivity contribution in [1.82, 2.24) is 0 Å². The zero-order valence-electron chi connectivity index (χ0n) is 14.2. The molecule has 2 aromatic rings. The first-order chi connectivity index (χ1) is 12.8. The number of non-ortho nitro benzene ring substituents is 1. The number of carbonyl (C=O) groups is 2. The molecule has 9 heteroatoms. The molecule has 2 aromatic carbocycles. The Morgan fingerprint density at radius 2 is 1.96 bits per heavy atom. The van der Waals surface area contributed by atoms with Gasteiger partial charge in [0, 0.05) is 40.9 Å². The second-order valence-electron chi connectivity index (χ2n) is 6.20. The summed E-state index contributed by atoms with van der Waals surface area (Å²) in [6, 6.07) is 9.18. The van der Waals surface area contributed by atoms with E-state index in [0.29, 0.717) is 16.4 Å². The summed E-state index contributed by atoms with van der Waals surface area (Å²) in [5.41, 5.74) is 1.80. The van der Waals surface area contributed by atoms with E-state index in [2.05, 4.69) is 21.2 Å². The van der Waals surface area contributed by atoms with E-state index < -0.39 is 10.8 Å². The lowest BCUT2D eigenvalue weighted by atomic mass is 10.1. The molecule has 1 fully saturated rings. The Morgan fingerprint density at radius 3 is 2.59 bits per heavy atom. The molecule has 27 heavy (non-hydrogen) atoms.